The Morgan fingerprint density at radius 3 is 2.52 bits per heavy atom. The fourth-order valence-electron chi connectivity index (χ4n) is 2.48. The zero-order valence-electron chi connectivity index (χ0n) is 13.0. The molecule has 1 aromatic rings. The van der Waals surface area contributed by atoms with Crippen LogP contribution in [-0.4, -0.2) is 52.3 Å². The minimum absolute atomic E-state index is 0.165. The number of carbonyl (C=O) groups excluding carboxylic acids is 1. The Bertz CT molecular complexity index is 468. The number of rotatable bonds is 5. The van der Waals surface area contributed by atoms with Crippen LogP contribution < -0.4 is 0 Å². The van der Waals surface area contributed by atoms with Gasteiger partial charge in [0.1, 0.15) is 0 Å². The zero-order chi connectivity index (χ0) is 15.2. The molecule has 0 aromatic carbocycles. The molecule has 0 N–H and O–H groups in total. The molecular weight excluding hydrogens is 286 g/mol. The van der Waals surface area contributed by atoms with Gasteiger partial charge in [-0.25, -0.2) is 9.97 Å². The monoisotopic (exact) mass is 309 g/mol. The maximum absolute atomic E-state index is 12.2. The molecule has 0 saturated carbocycles. The molecule has 0 spiro atoms. The third-order valence-electron chi connectivity index (χ3n) is 3.48. The maximum Gasteiger partial charge on any atom is 0.233 e. The molecule has 1 fully saturated rings. The van der Waals surface area contributed by atoms with Crippen LogP contribution in [0.5, 0.6) is 0 Å². The minimum Gasteiger partial charge on any atom is -0.378 e. The molecule has 2 rings (SSSR count). The zero-order valence-corrected chi connectivity index (χ0v) is 13.8. The second-order valence-electron chi connectivity index (χ2n) is 5.26. The van der Waals surface area contributed by atoms with Crippen LogP contribution in [0, 0.1) is 13.8 Å². The number of likely N-dealkylation sites (tertiary alicyclic amines) is 1. The van der Waals surface area contributed by atoms with Gasteiger partial charge < -0.3 is 9.64 Å². The Morgan fingerprint density at radius 2 is 1.95 bits per heavy atom. The summed E-state index contributed by atoms with van der Waals surface area (Å²) < 4.78 is 5.60. The van der Waals surface area contributed by atoms with E-state index in [0.29, 0.717) is 17.0 Å². The Balaban J connectivity index is 1.80. The number of aromatic nitrogens is 2. The van der Waals surface area contributed by atoms with Crippen molar-refractivity contribution in [3.8, 4) is 0 Å². The predicted molar refractivity (Wildman–Crippen MR) is 83.5 cm³/mol. The van der Waals surface area contributed by atoms with E-state index < -0.39 is 0 Å². The lowest BCUT2D eigenvalue weighted by atomic mass is 10.1. The van der Waals surface area contributed by atoms with Gasteiger partial charge in [0.2, 0.25) is 5.91 Å². The van der Waals surface area contributed by atoms with E-state index in [1.54, 1.807) is 0 Å². The van der Waals surface area contributed by atoms with Crippen LogP contribution in [0.2, 0.25) is 0 Å². The highest BCUT2D eigenvalue weighted by Crippen LogP contribution is 2.18. The van der Waals surface area contributed by atoms with Gasteiger partial charge in [0.25, 0.3) is 0 Å². The number of nitrogens with zero attached hydrogens (tertiary/aromatic N) is 3. The van der Waals surface area contributed by atoms with Gasteiger partial charge in [-0.05, 0) is 39.7 Å². The number of thioether (sulfide) groups is 1. The number of ether oxygens (including phenoxy) is 1. The van der Waals surface area contributed by atoms with Crippen molar-refractivity contribution >= 4 is 17.7 Å². The van der Waals surface area contributed by atoms with Gasteiger partial charge in [0, 0.05) is 31.1 Å². The average Bonchev–Trinajstić information content (AvgIpc) is 2.45. The van der Waals surface area contributed by atoms with Crippen LogP contribution in [0.1, 0.15) is 31.2 Å². The van der Waals surface area contributed by atoms with E-state index in [1.807, 2.05) is 31.7 Å². The highest BCUT2D eigenvalue weighted by Gasteiger charge is 2.23. The SMILES string of the molecule is CCOC1CCN(C(=O)CSc2nc(C)cc(C)n2)CC1. The van der Waals surface area contributed by atoms with Crippen molar-refractivity contribution in [2.24, 2.45) is 0 Å². The van der Waals surface area contributed by atoms with E-state index in [-0.39, 0.29) is 5.91 Å². The smallest absolute Gasteiger partial charge is 0.233 e. The topological polar surface area (TPSA) is 55.3 Å². The van der Waals surface area contributed by atoms with E-state index in [1.165, 1.54) is 11.8 Å². The number of hydrogen-bond acceptors (Lipinski definition) is 5. The lowest BCUT2D eigenvalue weighted by molar-refractivity contribution is -0.130. The third-order valence-corrected chi connectivity index (χ3v) is 4.32. The highest BCUT2D eigenvalue weighted by atomic mass is 32.2. The molecule has 0 atom stereocenters. The molecule has 1 amide bonds. The van der Waals surface area contributed by atoms with Crippen molar-refractivity contribution < 1.29 is 9.53 Å². The number of piperidine rings is 1. The minimum atomic E-state index is 0.165. The van der Waals surface area contributed by atoms with Gasteiger partial charge in [0.15, 0.2) is 5.16 Å². The van der Waals surface area contributed by atoms with Gasteiger partial charge in [-0.3, -0.25) is 4.79 Å². The molecule has 0 bridgehead atoms. The maximum atomic E-state index is 12.2. The molecule has 1 saturated heterocycles. The Kier molecular flexibility index (Phi) is 5.99. The van der Waals surface area contributed by atoms with Crippen LogP contribution in [0.4, 0.5) is 0 Å². The summed E-state index contributed by atoms with van der Waals surface area (Å²) in [5.41, 5.74) is 1.88. The van der Waals surface area contributed by atoms with Crippen LogP contribution in [0.15, 0.2) is 11.2 Å². The van der Waals surface area contributed by atoms with Crippen molar-refractivity contribution in [3.63, 3.8) is 0 Å². The molecule has 2 heterocycles. The molecule has 1 aliphatic rings. The van der Waals surface area contributed by atoms with E-state index in [2.05, 4.69) is 9.97 Å². The Labute approximate surface area is 130 Å². The molecule has 1 aliphatic heterocycles. The fraction of sp³-hybridized carbons (Fsp3) is 0.667. The largest absolute Gasteiger partial charge is 0.378 e. The number of carbonyl (C=O) groups is 1. The van der Waals surface area contributed by atoms with Gasteiger partial charge in [-0.2, -0.15) is 0 Å². The van der Waals surface area contributed by atoms with Gasteiger partial charge in [-0.1, -0.05) is 11.8 Å². The number of amides is 1. The highest BCUT2D eigenvalue weighted by molar-refractivity contribution is 7.99. The lowest BCUT2D eigenvalue weighted by Gasteiger charge is -2.31. The normalized spacial score (nSPS) is 16.2. The van der Waals surface area contributed by atoms with Crippen molar-refractivity contribution in [1.29, 1.82) is 0 Å². The molecule has 0 aliphatic carbocycles. The third kappa shape index (κ3) is 4.97. The van der Waals surface area contributed by atoms with Crippen LogP contribution in [0.25, 0.3) is 0 Å². The summed E-state index contributed by atoms with van der Waals surface area (Å²) in [7, 11) is 0. The van der Waals surface area contributed by atoms with Crippen molar-refractivity contribution in [2.75, 3.05) is 25.4 Å². The first-order chi connectivity index (χ1) is 10.1. The molecule has 6 heteroatoms. The standard InChI is InChI=1S/C15H23N3O2S/c1-4-20-13-5-7-18(8-6-13)14(19)10-21-15-16-11(2)9-12(3)17-15/h9,13H,4-8,10H2,1-3H3. The van der Waals surface area contributed by atoms with Gasteiger partial charge >= 0.3 is 0 Å². The van der Waals surface area contributed by atoms with Crippen molar-refractivity contribution in [3.05, 3.63) is 17.5 Å². The summed E-state index contributed by atoms with van der Waals surface area (Å²) >= 11 is 1.42. The summed E-state index contributed by atoms with van der Waals surface area (Å²) in [5, 5.41) is 0.685. The molecule has 21 heavy (non-hydrogen) atoms. The molecule has 1 aromatic heterocycles. The molecule has 5 nitrogen and oxygen atoms in total. The second-order valence-corrected chi connectivity index (χ2v) is 6.20. The quantitative estimate of drug-likeness (QED) is 0.616. The number of hydrogen-bond donors (Lipinski definition) is 0. The van der Waals surface area contributed by atoms with Crippen LogP contribution >= 0.6 is 11.8 Å². The summed E-state index contributed by atoms with van der Waals surface area (Å²) in [6, 6.07) is 1.93. The number of aryl methyl sites for hydroxylation is 2. The lowest BCUT2D eigenvalue weighted by Crippen LogP contribution is -2.41. The van der Waals surface area contributed by atoms with E-state index in [4.69, 9.17) is 4.74 Å². The first-order valence-electron chi connectivity index (χ1n) is 7.43. The molecule has 0 radical (unpaired) electrons. The predicted octanol–water partition coefficient (Wildman–Crippen LogP) is 2.21. The van der Waals surface area contributed by atoms with Crippen molar-refractivity contribution in [2.45, 2.75) is 44.9 Å². The fourth-order valence-corrected chi connectivity index (χ4v) is 3.34. The summed E-state index contributed by atoms with van der Waals surface area (Å²) in [5.74, 6) is 0.569. The van der Waals surface area contributed by atoms with E-state index in [9.17, 15) is 4.79 Å². The van der Waals surface area contributed by atoms with Gasteiger partial charge in [-0.15, -0.1) is 0 Å². The molecule has 0 unspecified atom stereocenters. The summed E-state index contributed by atoms with van der Waals surface area (Å²) in [4.78, 5) is 22.8. The van der Waals surface area contributed by atoms with E-state index >= 15 is 0 Å². The summed E-state index contributed by atoms with van der Waals surface area (Å²) in [6.07, 6.45) is 2.18. The molecule has 116 valence electrons. The van der Waals surface area contributed by atoms with Crippen LogP contribution in [0.3, 0.4) is 0 Å². The molecular formula is C15H23N3O2S. The average molecular weight is 309 g/mol. The first kappa shape index (κ1) is 16.2. The van der Waals surface area contributed by atoms with Gasteiger partial charge in [0.05, 0.1) is 11.9 Å². The van der Waals surface area contributed by atoms with E-state index in [0.717, 1.165) is 43.9 Å². The Morgan fingerprint density at radius 1 is 1.33 bits per heavy atom. The first-order valence-corrected chi connectivity index (χ1v) is 8.41. The van der Waals surface area contributed by atoms with Crippen molar-refractivity contribution in [1.82, 2.24) is 14.9 Å². The Hall–Kier alpha value is -1.14. The summed E-state index contributed by atoms with van der Waals surface area (Å²) in [6.45, 7) is 8.23. The van der Waals surface area contributed by atoms with Crippen LogP contribution in [-0.2, 0) is 9.53 Å². The second kappa shape index (κ2) is 7.75.